The van der Waals surface area contributed by atoms with Gasteiger partial charge in [0.25, 0.3) is 0 Å². The van der Waals surface area contributed by atoms with Crippen LogP contribution in [0.1, 0.15) is 52.9 Å². The van der Waals surface area contributed by atoms with Crippen molar-refractivity contribution in [2.75, 3.05) is 13.2 Å². The summed E-state index contributed by atoms with van der Waals surface area (Å²) in [6, 6.07) is 0.315. The molecule has 90 valence electrons. The standard InChI is InChI=1S/C12H25NO2/c1-4-7-8-12(14)15-10-11(6-3)13-9-5-2/h11,13H,4-10H2,1-3H3. The molecule has 1 unspecified atom stereocenters. The van der Waals surface area contributed by atoms with E-state index in [0.717, 1.165) is 32.2 Å². The number of carbonyl (C=O) groups excluding carboxylic acids is 1. The Bertz CT molecular complexity index is 160. The summed E-state index contributed by atoms with van der Waals surface area (Å²) in [7, 11) is 0. The molecule has 0 aromatic heterocycles. The van der Waals surface area contributed by atoms with Gasteiger partial charge >= 0.3 is 5.97 Å². The van der Waals surface area contributed by atoms with Crippen LogP contribution >= 0.6 is 0 Å². The number of unbranched alkanes of at least 4 members (excludes halogenated alkanes) is 1. The first-order valence-corrected chi connectivity index (χ1v) is 6.13. The largest absolute Gasteiger partial charge is 0.464 e. The summed E-state index contributed by atoms with van der Waals surface area (Å²) in [5, 5.41) is 3.35. The molecule has 0 bridgehead atoms. The lowest BCUT2D eigenvalue weighted by Crippen LogP contribution is -2.34. The van der Waals surface area contributed by atoms with Gasteiger partial charge in [0.15, 0.2) is 0 Å². The molecule has 1 atom stereocenters. The maximum atomic E-state index is 11.2. The molecule has 0 heterocycles. The van der Waals surface area contributed by atoms with Gasteiger partial charge in [-0.05, 0) is 25.8 Å². The molecule has 0 aromatic rings. The highest BCUT2D eigenvalue weighted by Gasteiger charge is 2.08. The zero-order valence-corrected chi connectivity index (χ0v) is 10.3. The molecule has 3 nitrogen and oxygen atoms in total. The zero-order valence-electron chi connectivity index (χ0n) is 10.3. The molecule has 15 heavy (non-hydrogen) atoms. The second-order valence-corrected chi connectivity index (χ2v) is 3.85. The van der Waals surface area contributed by atoms with Gasteiger partial charge in [0.05, 0.1) is 0 Å². The first-order chi connectivity index (χ1) is 7.24. The van der Waals surface area contributed by atoms with Crippen molar-refractivity contribution < 1.29 is 9.53 Å². The van der Waals surface area contributed by atoms with Crippen LogP contribution in [0.25, 0.3) is 0 Å². The maximum Gasteiger partial charge on any atom is 0.305 e. The Morgan fingerprint density at radius 1 is 1.27 bits per heavy atom. The molecule has 0 saturated heterocycles. The third kappa shape index (κ3) is 8.43. The average Bonchev–Trinajstić information content (AvgIpc) is 2.26. The summed E-state index contributed by atoms with van der Waals surface area (Å²) < 4.78 is 5.19. The Labute approximate surface area is 93.6 Å². The molecular weight excluding hydrogens is 190 g/mol. The minimum Gasteiger partial charge on any atom is -0.464 e. The van der Waals surface area contributed by atoms with Crippen LogP contribution in [-0.2, 0) is 9.53 Å². The Morgan fingerprint density at radius 3 is 2.53 bits per heavy atom. The Hall–Kier alpha value is -0.570. The normalized spacial score (nSPS) is 12.5. The van der Waals surface area contributed by atoms with Gasteiger partial charge in [0, 0.05) is 12.5 Å². The summed E-state index contributed by atoms with van der Waals surface area (Å²) in [5.41, 5.74) is 0. The van der Waals surface area contributed by atoms with Gasteiger partial charge in [-0.2, -0.15) is 0 Å². The van der Waals surface area contributed by atoms with Gasteiger partial charge in [0.1, 0.15) is 6.61 Å². The molecule has 0 saturated carbocycles. The molecule has 0 aliphatic heterocycles. The first kappa shape index (κ1) is 14.4. The van der Waals surface area contributed by atoms with Gasteiger partial charge in [-0.25, -0.2) is 0 Å². The third-order valence-electron chi connectivity index (χ3n) is 2.36. The van der Waals surface area contributed by atoms with Crippen LogP contribution in [0, 0.1) is 0 Å². The lowest BCUT2D eigenvalue weighted by atomic mass is 10.2. The fourth-order valence-corrected chi connectivity index (χ4v) is 1.26. The number of nitrogens with one attached hydrogen (secondary N) is 1. The summed E-state index contributed by atoms with van der Waals surface area (Å²) in [6.45, 7) is 7.81. The molecule has 0 rings (SSSR count). The number of ether oxygens (including phenoxy) is 1. The molecule has 0 spiro atoms. The van der Waals surface area contributed by atoms with Crippen molar-refractivity contribution in [3.8, 4) is 0 Å². The van der Waals surface area contributed by atoms with E-state index in [-0.39, 0.29) is 5.97 Å². The predicted molar refractivity (Wildman–Crippen MR) is 62.9 cm³/mol. The van der Waals surface area contributed by atoms with Gasteiger partial charge in [-0.15, -0.1) is 0 Å². The molecule has 0 aliphatic carbocycles. The van der Waals surface area contributed by atoms with Gasteiger partial charge in [-0.1, -0.05) is 27.2 Å². The number of esters is 1. The van der Waals surface area contributed by atoms with E-state index in [1.165, 1.54) is 0 Å². The second-order valence-electron chi connectivity index (χ2n) is 3.85. The molecule has 3 heteroatoms. The summed E-state index contributed by atoms with van der Waals surface area (Å²) in [6.07, 6.45) is 4.64. The number of rotatable bonds is 9. The number of hydrogen-bond acceptors (Lipinski definition) is 3. The average molecular weight is 215 g/mol. The van der Waals surface area contributed by atoms with E-state index in [1.807, 2.05) is 0 Å². The van der Waals surface area contributed by atoms with Crippen molar-refractivity contribution in [2.24, 2.45) is 0 Å². The number of hydrogen-bond donors (Lipinski definition) is 1. The quantitative estimate of drug-likeness (QED) is 0.601. The Morgan fingerprint density at radius 2 is 2.00 bits per heavy atom. The van der Waals surface area contributed by atoms with Crippen molar-refractivity contribution in [2.45, 2.75) is 58.9 Å². The van der Waals surface area contributed by atoms with E-state index in [9.17, 15) is 4.79 Å². The smallest absolute Gasteiger partial charge is 0.305 e. The minimum atomic E-state index is -0.0615. The Kier molecular flexibility index (Phi) is 9.59. The first-order valence-electron chi connectivity index (χ1n) is 6.13. The van der Waals surface area contributed by atoms with E-state index >= 15 is 0 Å². The monoisotopic (exact) mass is 215 g/mol. The van der Waals surface area contributed by atoms with Gasteiger partial charge in [0.2, 0.25) is 0 Å². The Balaban J connectivity index is 3.55. The van der Waals surface area contributed by atoms with Crippen LogP contribution in [-0.4, -0.2) is 25.2 Å². The van der Waals surface area contributed by atoms with Crippen LogP contribution in [0.5, 0.6) is 0 Å². The van der Waals surface area contributed by atoms with Crippen molar-refractivity contribution in [3.05, 3.63) is 0 Å². The van der Waals surface area contributed by atoms with E-state index in [4.69, 9.17) is 4.74 Å². The fraction of sp³-hybridized carbons (Fsp3) is 0.917. The zero-order chi connectivity index (χ0) is 11.5. The topological polar surface area (TPSA) is 38.3 Å². The van der Waals surface area contributed by atoms with Crippen molar-refractivity contribution in [3.63, 3.8) is 0 Å². The highest BCUT2D eigenvalue weighted by molar-refractivity contribution is 5.69. The minimum absolute atomic E-state index is 0.0615. The van der Waals surface area contributed by atoms with Crippen molar-refractivity contribution in [1.29, 1.82) is 0 Å². The van der Waals surface area contributed by atoms with Crippen molar-refractivity contribution >= 4 is 5.97 Å². The van der Waals surface area contributed by atoms with E-state index in [0.29, 0.717) is 19.1 Å². The molecule has 0 amide bonds. The maximum absolute atomic E-state index is 11.2. The summed E-state index contributed by atoms with van der Waals surface area (Å²) >= 11 is 0. The van der Waals surface area contributed by atoms with Crippen molar-refractivity contribution in [1.82, 2.24) is 5.32 Å². The highest BCUT2D eigenvalue weighted by atomic mass is 16.5. The van der Waals surface area contributed by atoms with Crippen LogP contribution in [0.2, 0.25) is 0 Å². The second kappa shape index (κ2) is 9.97. The lowest BCUT2D eigenvalue weighted by Gasteiger charge is -2.16. The molecule has 0 radical (unpaired) electrons. The molecule has 1 N–H and O–H groups in total. The van der Waals surface area contributed by atoms with Gasteiger partial charge in [-0.3, -0.25) is 4.79 Å². The molecule has 0 aliphatic rings. The SMILES string of the molecule is CCCCC(=O)OCC(CC)NCCC. The lowest BCUT2D eigenvalue weighted by molar-refractivity contribution is -0.144. The molecule has 0 aromatic carbocycles. The molecule has 0 fully saturated rings. The summed E-state index contributed by atoms with van der Waals surface area (Å²) in [4.78, 5) is 11.2. The van der Waals surface area contributed by atoms with Gasteiger partial charge < -0.3 is 10.1 Å². The van der Waals surface area contributed by atoms with Crippen LogP contribution in [0.3, 0.4) is 0 Å². The highest BCUT2D eigenvalue weighted by Crippen LogP contribution is 1.99. The van der Waals surface area contributed by atoms with E-state index in [2.05, 4.69) is 26.1 Å². The number of carbonyl (C=O) groups is 1. The molecular formula is C12H25NO2. The van der Waals surface area contributed by atoms with Crippen LogP contribution < -0.4 is 5.32 Å². The summed E-state index contributed by atoms with van der Waals surface area (Å²) in [5.74, 6) is -0.0615. The predicted octanol–water partition coefficient (Wildman–Crippen LogP) is 2.50. The van der Waals surface area contributed by atoms with Crippen LogP contribution in [0.4, 0.5) is 0 Å². The van der Waals surface area contributed by atoms with Crippen LogP contribution in [0.15, 0.2) is 0 Å². The fourth-order valence-electron chi connectivity index (χ4n) is 1.26. The van der Waals surface area contributed by atoms with E-state index in [1.54, 1.807) is 0 Å². The van der Waals surface area contributed by atoms with E-state index < -0.39 is 0 Å². The third-order valence-corrected chi connectivity index (χ3v) is 2.36.